The number of piperazine rings is 1. The number of benzene rings is 3. The van der Waals surface area contributed by atoms with Gasteiger partial charge in [0.15, 0.2) is 0 Å². The maximum atomic E-state index is 14.4. The lowest BCUT2D eigenvalue weighted by Crippen LogP contribution is -2.74. The monoisotopic (exact) mass is 1090 g/mol. The van der Waals surface area contributed by atoms with Crippen molar-refractivity contribution in [3.8, 4) is 28.0 Å². The van der Waals surface area contributed by atoms with Crippen molar-refractivity contribution in [2.24, 2.45) is 16.2 Å². The number of aryl methyl sites for hydroxylation is 1. The van der Waals surface area contributed by atoms with Crippen LogP contribution in [0.2, 0.25) is 5.02 Å². The van der Waals surface area contributed by atoms with E-state index in [4.69, 9.17) is 25.8 Å². The molecule has 4 aliphatic rings. The van der Waals surface area contributed by atoms with Gasteiger partial charge in [0.25, 0.3) is 0 Å². The topological polar surface area (TPSA) is 202 Å². The normalized spacial score (nSPS) is 24.7. The van der Waals surface area contributed by atoms with E-state index in [9.17, 15) is 29.9 Å². The predicted molar refractivity (Wildman–Crippen MR) is 298 cm³/mol. The zero-order valence-electron chi connectivity index (χ0n) is 46.2. The molecule has 416 valence electrons. The summed E-state index contributed by atoms with van der Waals surface area (Å²) in [6.45, 7) is 22.6. The summed E-state index contributed by atoms with van der Waals surface area (Å²) in [7, 11) is 0. The summed E-state index contributed by atoms with van der Waals surface area (Å²) in [5.41, 5.74) is 4.55. The van der Waals surface area contributed by atoms with E-state index in [2.05, 4.69) is 64.5 Å². The Balaban J connectivity index is 0.763. The van der Waals surface area contributed by atoms with E-state index in [-0.39, 0.29) is 66.6 Å². The number of aromatic nitrogens is 1. The summed E-state index contributed by atoms with van der Waals surface area (Å²) in [6.07, 6.45) is 1.98. The number of thiazole rings is 1. The van der Waals surface area contributed by atoms with Gasteiger partial charge in [-0.25, -0.2) is 4.98 Å². The Morgan fingerprint density at radius 2 is 1.60 bits per heavy atom. The molecule has 2 aliphatic heterocycles. The van der Waals surface area contributed by atoms with Gasteiger partial charge < -0.3 is 40.0 Å². The number of hydrogen-bond acceptors (Lipinski definition) is 14. The van der Waals surface area contributed by atoms with Gasteiger partial charge >= 0.3 is 0 Å². The van der Waals surface area contributed by atoms with E-state index in [1.54, 1.807) is 29.5 Å². The number of carbonyl (C=O) groups excluding carboxylic acids is 3. The molecule has 3 heterocycles. The standard InChI is InChI=1S/C59H79ClN8O8S/c1-36(38-14-16-39(17-15-38)50-37(2)62-35-77-50)63-53(72)47-30-42(69)33-68(47)54(73)51(57(3,4)5)64-49(70)34-75-48-13-11-10-12-46(48)67-26-24-66(25-27-67)28-29-74-43-21-18-40(19-22-43)52(71)65-55-58(6,7)56(59(55,8)9)76-44-23-20-41(32-61)45(60)31-44/h14-23,31,35-36,42,46-48,51-52,55-56,65,69,71H,10-13,24-30,33-34H2,1-9H3,(H,63,72)(H,64,70)/t36-,42+,46-,47-,48-,51?,52?,55?,56?/m0/s1. The number of ether oxygens (including phenoxy) is 3. The van der Waals surface area contributed by atoms with E-state index in [0.29, 0.717) is 22.9 Å². The average molecular weight is 1100 g/mol. The van der Waals surface area contributed by atoms with Crippen LogP contribution in [0.1, 0.15) is 122 Å². The number of amides is 3. The maximum Gasteiger partial charge on any atom is 0.246 e. The Morgan fingerprint density at radius 3 is 2.23 bits per heavy atom. The Bertz CT molecular complexity index is 2700. The molecule has 77 heavy (non-hydrogen) atoms. The number of nitriles is 1. The van der Waals surface area contributed by atoms with Gasteiger partial charge in [-0.1, -0.05) is 109 Å². The lowest BCUT2D eigenvalue weighted by Gasteiger charge is -2.63. The van der Waals surface area contributed by atoms with Gasteiger partial charge in [-0.2, -0.15) is 5.26 Å². The molecule has 2 aliphatic carbocycles. The molecule has 4 aromatic rings. The second-order valence-corrected chi connectivity index (χ2v) is 25.0. The largest absolute Gasteiger partial charge is 0.492 e. The van der Waals surface area contributed by atoms with Crippen molar-refractivity contribution >= 4 is 40.7 Å². The fourth-order valence-electron chi connectivity index (χ4n) is 12.4. The molecule has 0 spiro atoms. The molecule has 8 rings (SSSR count). The van der Waals surface area contributed by atoms with Crippen molar-refractivity contribution in [3.63, 3.8) is 0 Å². The summed E-state index contributed by atoms with van der Waals surface area (Å²) < 4.78 is 19.0. The fourth-order valence-corrected chi connectivity index (χ4v) is 13.4. The van der Waals surface area contributed by atoms with Crippen LogP contribution in [0.4, 0.5) is 0 Å². The van der Waals surface area contributed by atoms with E-state index in [1.165, 1.54) is 4.90 Å². The molecule has 2 saturated carbocycles. The van der Waals surface area contributed by atoms with Gasteiger partial charge in [-0.3, -0.25) is 29.5 Å². The highest BCUT2D eigenvalue weighted by molar-refractivity contribution is 7.13. The number of aliphatic hydroxyl groups is 2. The summed E-state index contributed by atoms with van der Waals surface area (Å²) in [5.74, 6) is 0.182. The van der Waals surface area contributed by atoms with Crippen molar-refractivity contribution in [1.82, 2.24) is 35.6 Å². The number of likely N-dealkylation sites (tertiary alicyclic amines) is 1. The van der Waals surface area contributed by atoms with Crippen molar-refractivity contribution in [3.05, 3.63) is 99.6 Å². The van der Waals surface area contributed by atoms with Crippen LogP contribution in [0.5, 0.6) is 11.5 Å². The van der Waals surface area contributed by atoms with E-state index in [0.717, 1.165) is 91.4 Å². The maximum absolute atomic E-state index is 14.4. The molecule has 3 amide bonds. The van der Waals surface area contributed by atoms with Gasteiger partial charge in [0.1, 0.15) is 55.2 Å². The second-order valence-electron chi connectivity index (χ2n) is 23.8. The summed E-state index contributed by atoms with van der Waals surface area (Å²) in [6, 6.07) is 20.7. The fraction of sp³-hybridized carbons (Fsp3) is 0.576. The summed E-state index contributed by atoms with van der Waals surface area (Å²) >= 11 is 7.86. The smallest absolute Gasteiger partial charge is 0.246 e. The highest BCUT2D eigenvalue weighted by Gasteiger charge is 2.64. The van der Waals surface area contributed by atoms with Gasteiger partial charge in [0, 0.05) is 74.7 Å². The third-order valence-electron chi connectivity index (χ3n) is 16.4. The van der Waals surface area contributed by atoms with Crippen LogP contribution in [0.25, 0.3) is 10.4 Å². The van der Waals surface area contributed by atoms with Crippen molar-refractivity contribution < 1.29 is 38.8 Å². The van der Waals surface area contributed by atoms with E-state index < -0.39 is 41.6 Å². The first-order valence-corrected chi connectivity index (χ1v) is 28.5. The molecule has 0 radical (unpaired) electrons. The van der Waals surface area contributed by atoms with Gasteiger partial charge in [-0.15, -0.1) is 11.3 Å². The first kappa shape index (κ1) is 58.0. The molecule has 1 aromatic heterocycles. The Morgan fingerprint density at radius 1 is 0.935 bits per heavy atom. The minimum absolute atomic E-state index is 0.00573. The third-order valence-corrected chi connectivity index (χ3v) is 17.7. The van der Waals surface area contributed by atoms with Gasteiger partial charge in [0.05, 0.1) is 44.9 Å². The molecular formula is C59H79ClN8O8S. The molecule has 7 atom stereocenters. The third kappa shape index (κ3) is 13.5. The summed E-state index contributed by atoms with van der Waals surface area (Å²) in [4.78, 5) is 53.7. The molecule has 2 unspecified atom stereocenters. The van der Waals surface area contributed by atoms with Gasteiger partial charge in [-0.05, 0) is 73.1 Å². The predicted octanol–water partition coefficient (Wildman–Crippen LogP) is 7.80. The SMILES string of the molecule is Cc1ncsc1-c1ccc([C@H](C)NC(=O)[C@@H]2C[C@@H](O)CN2C(=O)C(NC(=O)CO[C@H]2CCCC[C@@H]2N2CCN(CCOc3ccc(C(O)NC4C(C)(C)C(Oc5ccc(C#N)c(Cl)c5)C4(C)C)cc3)CC2)C(C)(C)C)cc1. The first-order chi connectivity index (χ1) is 36.5. The van der Waals surface area contributed by atoms with Crippen LogP contribution in [-0.2, 0) is 19.1 Å². The molecule has 2 saturated heterocycles. The lowest BCUT2D eigenvalue weighted by atomic mass is 9.49. The minimum Gasteiger partial charge on any atom is -0.492 e. The second kappa shape index (κ2) is 24.5. The number of aliphatic hydroxyl groups excluding tert-OH is 2. The number of nitrogens with zero attached hydrogens (tertiary/aromatic N) is 5. The zero-order valence-corrected chi connectivity index (χ0v) is 47.8. The molecule has 16 nitrogen and oxygen atoms in total. The average Bonchev–Trinajstić information content (AvgIpc) is 4.04. The molecule has 5 N–H and O–H groups in total. The highest BCUT2D eigenvalue weighted by Crippen LogP contribution is 2.56. The number of hydrogen-bond donors (Lipinski definition) is 5. The van der Waals surface area contributed by atoms with Crippen LogP contribution in [0.3, 0.4) is 0 Å². The Labute approximate surface area is 463 Å². The molecule has 18 heteroatoms. The van der Waals surface area contributed by atoms with Crippen molar-refractivity contribution in [2.45, 2.75) is 149 Å². The number of carbonyl (C=O) groups is 3. The van der Waals surface area contributed by atoms with E-state index in [1.807, 2.05) is 88.7 Å². The minimum atomic E-state index is -0.953. The molecular weight excluding hydrogens is 1020 g/mol. The first-order valence-electron chi connectivity index (χ1n) is 27.2. The zero-order chi connectivity index (χ0) is 55.4. The Kier molecular flexibility index (Phi) is 18.4. The lowest BCUT2D eigenvalue weighted by molar-refractivity contribution is -0.179. The molecule has 0 bridgehead atoms. The van der Waals surface area contributed by atoms with Crippen LogP contribution in [0, 0.1) is 34.5 Å². The van der Waals surface area contributed by atoms with Crippen LogP contribution in [-0.4, -0.2) is 143 Å². The van der Waals surface area contributed by atoms with Crippen molar-refractivity contribution in [2.75, 3.05) is 52.5 Å². The number of nitrogens with one attached hydrogen (secondary N) is 3. The van der Waals surface area contributed by atoms with Crippen LogP contribution < -0.4 is 25.4 Å². The number of β-amino-alcohol motifs (C(OH)–C–C–N with tert-alkyl or cyclic N) is 1. The number of rotatable bonds is 19. The number of halogens is 1. The van der Waals surface area contributed by atoms with Crippen LogP contribution in [0.15, 0.2) is 72.2 Å². The Hall–Kier alpha value is -5.16. The van der Waals surface area contributed by atoms with Crippen molar-refractivity contribution in [1.29, 1.82) is 5.26 Å². The highest BCUT2D eigenvalue weighted by atomic mass is 35.5. The molecule has 3 aromatic carbocycles. The summed E-state index contributed by atoms with van der Waals surface area (Å²) in [5, 5.41) is 41.2. The quantitative estimate of drug-likeness (QED) is 0.0570. The van der Waals surface area contributed by atoms with Gasteiger partial charge in [0.2, 0.25) is 17.7 Å². The molecule has 4 fully saturated rings. The van der Waals surface area contributed by atoms with E-state index >= 15 is 0 Å². The van der Waals surface area contributed by atoms with Crippen LogP contribution >= 0.6 is 22.9 Å².